The molecular formula is C23H29BrN4O. The molecule has 0 unspecified atom stereocenters. The number of rotatable bonds is 9. The Morgan fingerprint density at radius 3 is 2.31 bits per heavy atom. The van der Waals surface area contributed by atoms with E-state index in [2.05, 4.69) is 34.9 Å². The Kier molecular flexibility index (Phi) is 7.42. The molecule has 2 aromatic heterocycles. The van der Waals surface area contributed by atoms with Crippen LogP contribution in [0.1, 0.15) is 50.9 Å². The third kappa shape index (κ3) is 5.24. The van der Waals surface area contributed by atoms with Crippen LogP contribution in [0.15, 0.2) is 40.9 Å². The Hall–Kier alpha value is -2.21. The van der Waals surface area contributed by atoms with Gasteiger partial charge in [0.1, 0.15) is 0 Å². The number of aromatic nitrogens is 3. The molecule has 1 amide bonds. The van der Waals surface area contributed by atoms with E-state index in [0.29, 0.717) is 6.42 Å². The van der Waals surface area contributed by atoms with E-state index in [0.717, 1.165) is 71.5 Å². The highest BCUT2D eigenvalue weighted by Gasteiger charge is 2.21. The molecule has 3 aromatic rings. The number of benzene rings is 1. The van der Waals surface area contributed by atoms with Crippen LogP contribution in [-0.4, -0.2) is 38.5 Å². The molecule has 0 N–H and O–H groups in total. The first-order valence-electron chi connectivity index (χ1n) is 10.4. The van der Waals surface area contributed by atoms with Crippen LogP contribution in [-0.2, 0) is 11.2 Å². The maximum atomic E-state index is 13.2. The summed E-state index contributed by atoms with van der Waals surface area (Å²) in [4.78, 5) is 20.1. The van der Waals surface area contributed by atoms with Gasteiger partial charge in [-0.15, -0.1) is 0 Å². The molecule has 0 spiro atoms. The minimum atomic E-state index is 0.148. The zero-order valence-corrected chi connectivity index (χ0v) is 19.1. The fraction of sp³-hybridized carbons (Fsp3) is 0.435. The molecule has 0 aliphatic rings. The summed E-state index contributed by atoms with van der Waals surface area (Å²) in [7, 11) is 0. The van der Waals surface area contributed by atoms with Crippen molar-refractivity contribution >= 4 is 27.5 Å². The van der Waals surface area contributed by atoms with Gasteiger partial charge in [0, 0.05) is 23.1 Å². The standard InChI is InChI=1S/C23H29BrN4O/c1-4-6-14-27(15-7-5-2)22(29)16-20-23(18-9-11-19(24)12-10-18)25-21-13-8-17(3)26-28(20)21/h8-13H,4-7,14-16H2,1-3H3. The second-order valence-corrected chi connectivity index (χ2v) is 8.34. The van der Waals surface area contributed by atoms with Crippen LogP contribution in [0.2, 0.25) is 0 Å². The molecule has 0 atom stereocenters. The van der Waals surface area contributed by atoms with Crippen LogP contribution < -0.4 is 0 Å². The number of halogens is 1. The Morgan fingerprint density at radius 1 is 1.03 bits per heavy atom. The van der Waals surface area contributed by atoms with Crippen molar-refractivity contribution < 1.29 is 4.79 Å². The van der Waals surface area contributed by atoms with Crippen LogP contribution in [0.25, 0.3) is 16.9 Å². The molecule has 0 aliphatic heterocycles. The molecular weight excluding hydrogens is 428 g/mol. The van der Waals surface area contributed by atoms with Gasteiger partial charge in [0.05, 0.1) is 23.5 Å². The monoisotopic (exact) mass is 456 g/mol. The molecule has 3 rings (SSSR count). The van der Waals surface area contributed by atoms with E-state index < -0.39 is 0 Å². The van der Waals surface area contributed by atoms with E-state index >= 15 is 0 Å². The number of fused-ring (bicyclic) bond motifs is 1. The molecule has 0 saturated heterocycles. The van der Waals surface area contributed by atoms with Crippen molar-refractivity contribution in [1.82, 2.24) is 19.5 Å². The topological polar surface area (TPSA) is 50.5 Å². The molecule has 0 aliphatic carbocycles. The molecule has 1 aromatic carbocycles. The lowest BCUT2D eigenvalue weighted by molar-refractivity contribution is -0.130. The fourth-order valence-corrected chi connectivity index (χ4v) is 3.65. The number of imidazole rings is 1. The summed E-state index contributed by atoms with van der Waals surface area (Å²) >= 11 is 3.49. The lowest BCUT2D eigenvalue weighted by atomic mass is 10.1. The summed E-state index contributed by atoms with van der Waals surface area (Å²) < 4.78 is 2.85. The van der Waals surface area contributed by atoms with E-state index in [1.807, 2.05) is 52.7 Å². The van der Waals surface area contributed by atoms with E-state index in [-0.39, 0.29) is 5.91 Å². The third-order valence-corrected chi connectivity index (χ3v) is 5.58. The van der Waals surface area contributed by atoms with Crippen LogP contribution in [0.4, 0.5) is 0 Å². The van der Waals surface area contributed by atoms with E-state index in [4.69, 9.17) is 4.98 Å². The smallest absolute Gasteiger partial charge is 0.228 e. The van der Waals surface area contributed by atoms with Crippen LogP contribution in [0.3, 0.4) is 0 Å². The van der Waals surface area contributed by atoms with Crippen molar-refractivity contribution in [1.29, 1.82) is 0 Å². The number of carbonyl (C=O) groups is 1. The SMILES string of the molecule is CCCCN(CCCC)C(=O)Cc1c(-c2ccc(Br)cc2)nc2ccc(C)nn12. The average molecular weight is 457 g/mol. The summed E-state index contributed by atoms with van der Waals surface area (Å²) in [6.45, 7) is 7.90. The van der Waals surface area contributed by atoms with E-state index in [9.17, 15) is 4.79 Å². The Bertz CT molecular complexity index is 957. The molecule has 6 heteroatoms. The molecule has 0 bridgehead atoms. The number of hydrogen-bond acceptors (Lipinski definition) is 3. The minimum absolute atomic E-state index is 0.148. The Morgan fingerprint density at radius 2 is 1.69 bits per heavy atom. The normalized spacial score (nSPS) is 11.2. The van der Waals surface area contributed by atoms with Gasteiger partial charge in [-0.05, 0) is 44.0 Å². The lowest BCUT2D eigenvalue weighted by Crippen LogP contribution is -2.34. The van der Waals surface area contributed by atoms with Gasteiger partial charge in [0.2, 0.25) is 5.91 Å². The zero-order valence-electron chi connectivity index (χ0n) is 17.5. The average Bonchev–Trinajstić information content (AvgIpc) is 3.06. The molecule has 29 heavy (non-hydrogen) atoms. The number of nitrogens with zero attached hydrogens (tertiary/aromatic N) is 4. The van der Waals surface area contributed by atoms with Crippen LogP contribution in [0.5, 0.6) is 0 Å². The Balaban J connectivity index is 1.99. The number of carbonyl (C=O) groups excluding carboxylic acids is 1. The predicted octanol–water partition coefficient (Wildman–Crippen LogP) is 5.44. The lowest BCUT2D eigenvalue weighted by Gasteiger charge is -2.22. The highest BCUT2D eigenvalue weighted by atomic mass is 79.9. The zero-order chi connectivity index (χ0) is 20.8. The first-order chi connectivity index (χ1) is 14.0. The van der Waals surface area contributed by atoms with Gasteiger partial charge in [-0.1, -0.05) is 54.8 Å². The van der Waals surface area contributed by atoms with E-state index in [1.165, 1.54) is 0 Å². The number of amides is 1. The quantitative estimate of drug-likeness (QED) is 0.430. The van der Waals surface area contributed by atoms with Crippen molar-refractivity contribution in [2.75, 3.05) is 13.1 Å². The van der Waals surface area contributed by atoms with Gasteiger partial charge in [-0.3, -0.25) is 4.79 Å². The summed E-state index contributed by atoms with van der Waals surface area (Å²) in [6, 6.07) is 12.0. The summed E-state index contributed by atoms with van der Waals surface area (Å²) in [5, 5.41) is 4.65. The first kappa shape index (κ1) is 21.5. The number of hydrogen-bond donors (Lipinski definition) is 0. The predicted molar refractivity (Wildman–Crippen MR) is 121 cm³/mol. The molecule has 2 heterocycles. The van der Waals surface area contributed by atoms with Crippen LogP contribution in [0, 0.1) is 6.92 Å². The highest BCUT2D eigenvalue weighted by Crippen LogP contribution is 2.26. The first-order valence-corrected chi connectivity index (χ1v) is 11.2. The number of unbranched alkanes of at least 4 members (excludes halogenated alkanes) is 2. The van der Waals surface area contributed by atoms with Crippen molar-refractivity contribution in [2.24, 2.45) is 0 Å². The van der Waals surface area contributed by atoms with Gasteiger partial charge in [0.25, 0.3) is 0 Å². The maximum absolute atomic E-state index is 13.2. The fourth-order valence-electron chi connectivity index (χ4n) is 3.38. The molecule has 5 nitrogen and oxygen atoms in total. The molecule has 0 saturated carbocycles. The van der Waals surface area contributed by atoms with Crippen molar-refractivity contribution in [3.8, 4) is 11.3 Å². The van der Waals surface area contributed by atoms with Crippen molar-refractivity contribution in [2.45, 2.75) is 52.9 Å². The maximum Gasteiger partial charge on any atom is 0.228 e. The highest BCUT2D eigenvalue weighted by molar-refractivity contribution is 9.10. The van der Waals surface area contributed by atoms with Crippen molar-refractivity contribution in [3.63, 3.8) is 0 Å². The minimum Gasteiger partial charge on any atom is -0.342 e. The second kappa shape index (κ2) is 10.0. The van der Waals surface area contributed by atoms with Gasteiger partial charge < -0.3 is 4.90 Å². The van der Waals surface area contributed by atoms with Gasteiger partial charge in [0.15, 0.2) is 5.65 Å². The molecule has 0 radical (unpaired) electrons. The summed E-state index contributed by atoms with van der Waals surface area (Å²) in [5.74, 6) is 0.148. The van der Waals surface area contributed by atoms with Gasteiger partial charge in [-0.25, -0.2) is 9.50 Å². The van der Waals surface area contributed by atoms with Crippen molar-refractivity contribution in [3.05, 3.63) is 52.3 Å². The molecule has 0 fully saturated rings. The molecule has 154 valence electrons. The van der Waals surface area contributed by atoms with Gasteiger partial charge >= 0.3 is 0 Å². The summed E-state index contributed by atoms with van der Waals surface area (Å²) in [5.41, 5.74) is 4.35. The Labute approximate surface area is 181 Å². The second-order valence-electron chi connectivity index (χ2n) is 7.42. The van der Waals surface area contributed by atoms with Crippen LogP contribution >= 0.6 is 15.9 Å². The summed E-state index contributed by atoms with van der Waals surface area (Å²) in [6.07, 6.45) is 4.52. The largest absolute Gasteiger partial charge is 0.342 e. The third-order valence-electron chi connectivity index (χ3n) is 5.06. The van der Waals surface area contributed by atoms with Gasteiger partial charge in [-0.2, -0.15) is 5.10 Å². The number of aryl methyl sites for hydroxylation is 1. The van der Waals surface area contributed by atoms with E-state index in [1.54, 1.807) is 0 Å².